The summed E-state index contributed by atoms with van der Waals surface area (Å²) in [6, 6.07) is 4.66. The van der Waals surface area contributed by atoms with Gasteiger partial charge >= 0.3 is 0 Å². The lowest BCUT2D eigenvalue weighted by Gasteiger charge is -2.34. The molecule has 8 nitrogen and oxygen atoms in total. The SMILES string of the molecule is COc1ccc(OCC(=O)N2CCN(C(=O)C3CC3)CC2)c(C(N)=O)c1. The Morgan fingerprint density at radius 1 is 1.12 bits per heavy atom. The number of amides is 3. The zero-order valence-electron chi connectivity index (χ0n) is 14.8. The third kappa shape index (κ3) is 4.07. The Morgan fingerprint density at radius 2 is 1.77 bits per heavy atom. The Kier molecular flexibility index (Phi) is 5.29. The maximum absolute atomic E-state index is 12.4. The number of hydrogen-bond donors (Lipinski definition) is 1. The van der Waals surface area contributed by atoms with Crippen LogP contribution in [0.2, 0.25) is 0 Å². The first kappa shape index (κ1) is 18.0. The van der Waals surface area contributed by atoms with Gasteiger partial charge in [-0.2, -0.15) is 0 Å². The maximum Gasteiger partial charge on any atom is 0.260 e. The summed E-state index contributed by atoms with van der Waals surface area (Å²) < 4.78 is 10.6. The number of benzene rings is 1. The predicted octanol–water partition coefficient (Wildman–Crippen LogP) is 0.254. The van der Waals surface area contributed by atoms with E-state index in [0.717, 1.165) is 12.8 Å². The topological polar surface area (TPSA) is 102 Å². The highest BCUT2D eigenvalue weighted by Crippen LogP contribution is 2.31. The van der Waals surface area contributed by atoms with Crippen LogP contribution in [0.25, 0.3) is 0 Å². The van der Waals surface area contributed by atoms with E-state index >= 15 is 0 Å². The van der Waals surface area contributed by atoms with Gasteiger partial charge in [-0.05, 0) is 31.0 Å². The summed E-state index contributed by atoms with van der Waals surface area (Å²) in [5.74, 6) is 0.289. The average molecular weight is 361 g/mol. The minimum absolute atomic E-state index is 0.164. The van der Waals surface area contributed by atoms with Crippen LogP contribution >= 0.6 is 0 Å². The molecule has 0 atom stereocenters. The molecular formula is C18H23N3O5. The third-order valence-electron chi connectivity index (χ3n) is 4.67. The number of piperazine rings is 1. The number of carbonyl (C=O) groups is 3. The first-order valence-electron chi connectivity index (χ1n) is 8.67. The van der Waals surface area contributed by atoms with Crippen LogP contribution in [-0.2, 0) is 9.59 Å². The fourth-order valence-electron chi connectivity index (χ4n) is 2.95. The summed E-state index contributed by atoms with van der Waals surface area (Å²) in [7, 11) is 1.48. The molecule has 8 heteroatoms. The number of methoxy groups -OCH3 is 1. The van der Waals surface area contributed by atoms with Crippen molar-refractivity contribution < 1.29 is 23.9 Å². The Hall–Kier alpha value is -2.77. The van der Waals surface area contributed by atoms with E-state index in [1.165, 1.54) is 13.2 Å². The third-order valence-corrected chi connectivity index (χ3v) is 4.67. The van der Waals surface area contributed by atoms with Crippen molar-refractivity contribution in [2.24, 2.45) is 11.7 Å². The van der Waals surface area contributed by atoms with Crippen LogP contribution in [0, 0.1) is 5.92 Å². The average Bonchev–Trinajstić information content (AvgIpc) is 3.50. The quantitative estimate of drug-likeness (QED) is 0.783. The molecule has 0 radical (unpaired) electrons. The fourth-order valence-corrected chi connectivity index (χ4v) is 2.95. The monoisotopic (exact) mass is 361 g/mol. The van der Waals surface area contributed by atoms with Crippen molar-refractivity contribution in [3.05, 3.63) is 23.8 Å². The number of carbonyl (C=O) groups excluding carboxylic acids is 3. The molecule has 0 bridgehead atoms. The molecule has 2 aliphatic rings. The molecule has 1 aromatic carbocycles. The lowest BCUT2D eigenvalue weighted by molar-refractivity contribution is -0.141. The Balaban J connectivity index is 1.53. The van der Waals surface area contributed by atoms with Gasteiger partial charge in [0.2, 0.25) is 5.91 Å². The summed E-state index contributed by atoms with van der Waals surface area (Å²) in [6.45, 7) is 1.90. The molecule has 1 aliphatic carbocycles. The lowest BCUT2D eigenvalue weighted by atomic mass is 10.2. The lowest BCUT2D eigenvalue weighted by Crippen LogP contribution is -2.52. The molecule has 3 rings (SSSR count). The normalized spacial score (nSPS) is 17.0. The smallest absolute Gasteiger partial charge is 0.260 e. The minimum Gasteiger partial charge on any atom is -0.497 e. The van der Waals surface area contributed by atoms with E-state index in [9.17, 15) is 14.4 Å². The van der Waals surface area contributed by atoms with Crippen molar-refractivity contribution in [3.63, 3.8) is 0 Å². The van der Waals surface area contributed by atoms with Crippen LogP contribution < -0.4 is 15.2 Å². The largest absolute Gasteiger partial charge is 0.497 e. The van der Waals surface area contributed by atoms with Crippen molar-refractivity contribution in [1.29, 1.82) is 0 Å². The van der Waals surface area contributed by atoms with Gasteiger partial charge in [-0.3, -0.25) is 14.4 Å². The van der Waals surface area contributed by atoms with Gasteiger partial charge in [-0.25, -0.2) is 0 Å². The van der Waals surface area contributed by atoms with Crippen LogP contribution in [0.1, 0.15) is 23.2 Å². The summed E-state index contributed by atoms with van der Waals surface area (Å²) in [6.07, 6.45) is 1.96. The molecule has 0 spiro atoms. The zero-order chi connectivity index (χ0) is 18.7. The molecule has 1 aliphatic heterocycles. The Bertz CT molecular complexity index is 709. The van der Waals surface area contributed by atoms with Crippen molar-refractivity contribution in [2.75, 3.05) is 39.9 Å². The van der Waals surface area contributed by atoms with Crippen LogP contribution in [0.5, 0.6) is 11.5 Å². The van der Waals surface area contributed by atoms with Crippen molar-refractivity contribution in [3.8, 4) is 11.5 Å². The Labute approximate surface area is 151 Å². The molecular weight excluding hydrogens is 338 g/mol. The summed E-state index contributed by atoms with van der Waals surface area (Å²) in [5.41, 5.74) is 5.52. The molecule has 2 N–H and O–H groups in total. The highest BCUT2D eigenvalue weighted by atomic mass is 16.5. The number of hydrogen-bond acceptors (Lipinski definition) is 5. The zero-order valence-corrected chi connectivity index (χ0v) is 14.8. The number of nitrogens with two attached hydrogens (primary N) is 1. The molecule has 3 amide bonds. The van der Waals surface area contributed by atoms with Gasteiger partial charge in [0.15, 0.2) is 6.61 Å². The molecule has 1 aromatic rings. The second-order valence-corrected chi connectivity index (χ2v) is 6.50. The van der Waals surface area contributed by atoms with Gasteiger partial charge in [0.25, 0.3) is 11.8 Å². The van der Waals surface area contributed by atoms with Crippen molar-refractivity contribution in [1.82, 2.24) is 9.80 Å². The molecule has 1 saturated heterocycles. The fraction of sp³-hybridized carbons (Fsp3) is 0.500. The van der Waals surface area contributed by atoms with Crippen LogP contribution in [0.4, 0.5) is 0 Å². The van der Waals surface area contributed by atoms with Gasteiger partial charge in [0.1, 0.15) is 11.5 Å². The summed E-state index contributed by atoms with van der Waals surface area (Å²) >= 11 is 0. The van der Waals surface area contributed by atoms with Crippen molar-refractivity contribution in [2.45, 2.75) is 12.8 Å². The van der Waals surface area contributed by atoms with Gasteiger partial charge in [0, 0.05) is 32.1 Å². The second-order valence-electron chi connectivity index (χ2n) is 6.50. The maximum atomic E-state index is 12.4. The van der Waals surface area contributed by atoms with E-state index in [1.54, 1.807) is 17.0 Å². The molecule has 0 aromatic heterocycles. The minimum atomic E-state index is -0.654. The molecule has 26 heavy (non-hydrogen) atoms. The van der Waals surface area contributed by atoms with E-state index in [2.05, 4.69) is 0 Å². The number of nitrogens with zero attached hydrogens (tertiary/aromatic N) is 2. The first-order valence-corrected chi connectivity index (χ1v) is 8.67. The van der Waals surface area contributed by atoms with E-state index in [-0.39, 0.29) is 35.7 Å². The number of primary amides is 1. The predicted molar refractivity (Wildman–Crippen MR) is 92.9 cm³/mol. The van der Waals surface area contributed by atoms with E-state index in [4.69, 9.17) is 15.2 Å². The molecule has 140 valence electrons. The molecule has 1 saturated carbocycles. The second kappa shape index (κ2) is 7.63. The first-order chi connectivity index (χ1) is 12.5. The molecule has 2 fully saturated rings. The van der Waals surface area contributed by atoms with Gasteiger partial charge in [-0.1, -0.05) is 0 Å². The summed E-state index contributed by atoms with van der Waals surface area (Å²) in [4.78, 5) is 39.5. The van der Waals surface area contributed by atoms with Crippen molar-refractivity contribution >= 4 is 17.7 Å². The van der Waals surface area contributed by atoms with Crippen LogP contribution in [-0.4, -0.2) is 67.4 Å². The number of ether oxygens (including phenoxy) is 2. The number of rotatable bonds is 6. The van der Waals surface area contributed by atoms with Gasteiger partial charge in [0.05, 0.1) is 12.7 Å². The van der Waals surface area contributed by atoms with Gasteiger partial charge < -0.3 is 25.0 Å². The van der Waals surface area contributed by atoms with E-state index in [1.807, 2.05) is 4.90 Å². The van der Waals surface area contributed by atoms with E-state index in [0.29, 0.717) is 31.9 Å². The Morgan fingerprint density at radius 3 is 2.35 bits per heavy atom. The standard InChI is InChI=1S/C18H23N3O5/c1-25-13-4-5-15(14(10-13)17(19)23)26-11-16(22)20-6-8-21(9-7-20)18(24)12-2-3-12/h4-5,10,12H,2-3,6-9,11H2,1H3,(H2,19,23). The van der Waals surface area contributed by atoms with E-state index < -0.39 is 5.91 Å². The van der Waals surface area contributed by atoms with Crippen LogP contribution in [0.3, 0.4) is 0 Å². The van der Waals surface area contributed by atoms with Gasteiger partial charge in [-0.15, -0.1) is 0 Å². The molecule has 0 unspecified atom stereocenters. The molecule has 1 heterocycles. The summed E-state index contributed by atoms with van der Waals surface area (Å²) in [5, 5.41) is 0. The highest BCUT2D eigenvalue weighted by molar-refractivity contribution is 5.96. The van der Waals surface area contributed by atoms with Crippen LogP contribution in [0.15, 0.2) is 18.2 Å². The highest BCUT2D eigenvalue weighted by Gasteiger charge is 2.35.